The molecule has 0 aliphatic rings. The zero-order chi connectivity index (χ0) is 18.6. The Balaban J connectivity index is 1.65. The van der Waals surface area contributed by atoms with Crippen molar-refractivity contribution in [2.45, 2.75) is 20.3 Å². The predicted octanol–water partition coefficient (Wildman–Crippen LogP) is 7.23. The lowest BCUT2D eigenvalue weighted by atomic mass is 9.95. The third-order valence-corrected chi connectivity index (χ3v) is 4.92. The molecule has 0 radical (unpaired) electrons. The SMILES string of the molecule is Cc1cc(C)cc(Cc2cccc(-c3cccc(-c4ccccc4)c3)c2)c1. The normalized spacial score (nSPS) is 10.7. The fourth-order valence-corrected chi connectivity index (χ4v) is 3.78. The first-order chi connectivity index (χ1) is 13.2. The van der Waals surface area contributed by atoms with Crippen molar-refractivity contribution < 1.29 is 0 Å². The molecule has 0 bridgehead atoms. The summed E-state index contributed by atoms with van der Waals surface area (Å²) in [5, 5.41) is 0. The van der Waals surface area contributed by atoms with Crippen molar-refractivity contribution in [1.82, 2.24) is 0 Å². The topological polar surface area (TPSA) is 0 Å². The van der Waals surface area contributed by atoms with Gasteiger partial charge in [-0.25, -0.2) is 0 Å². The second kappa shape index (κ2) is 7.63. The maximum atomic E-state index is 2.32. The molecule has 0 nitrogen and oxygen atoms in total. The van der Waals surface area contributed by atoms with Gasteiger partial charge in [0.2, 0.25) is 0 Å². The second-order valence-corrected chi connectivity index (χ2v) is 7.32. The van der Waals surface area contributed by atoms with Gasteiger partial charge >= 0.3 is 0 Å². The molecule has 132 valence electrons. The summed E-state index contributed by atoms with van der Waals surface area (Å²) in [6.45, 7) is 4.34. The Morgan fingerprint density at radius 2 is 1.00 bits per heavy atom. The molecule has 4 aromatic carbocycles. The molecule has 0 aliphatic carbocycles. The largest absolute Gasteiger partial charge is 0.0622 e. The first kappa shape index (κ1) is 17.3. The fraction of sp³-hybridized carbons (Fsp3) is 0.111. The van der Waals surface area contributed by atoms with E-state index in [9.17, 15) is 0 Å². The van der Waals surface area contributed by atoms with Crippen LogP contribution >= 0.6 is 0 Å². The average Bonchev–Trinajstić information content (AvgIpc) is 2.68. The van der Waals surface area contributed by atoms with Crippen molar-refractivity contribution in [1.29, 1.82) is 0 Å². The summed E-state index contributed by atoms with van der Waals surface area (Å²) in [5.41, 5.74) is 10.4. The van der Waals surface area contributed by atoms with Crippen LogP contribution in [0.25, 0.3) is 22.3 Å². The van der Waals surface area contributed by atoms with Gasteiger partial charge in [0.1, 0.15) is 0 Å². The summed E-state index contributed by atoms with van der Waals surface area (Å²) in [6.07, 6.45) is 0.967. The zero-order valence-electron chi connectivity index (χ0n) is 15.9. The van der Waals surface area contributed by atoms with E-state index >= 15 is 0 Å². The Kier molecular flexibility index (Phi) is 4.89. The molecule has 0 amide bonds. The zero-order valence-corrected chi connectivity index (χ0v) is 15.9. The van der Waals surface area contributed by atoms with Gasteiger partial charge in [-0.05, 0) is 59.7 Å². The number of benzene rings is 4. The highest BCUT2D eigenvalue weighted by Gasteiger charge is 2.04. The molecule has 4 aromatic rings. The molecule has 0 spiro atoms. The van der Waals surface area contributed by atoms with Crippen LogP contribution in [0, 0.1) is 13.8 Å². The van der Waals surface area contributed by atoms with Crippen LogP contribution in [0.4, 0.5) is 0 Å². The minimum atomic E-state index is 0.967. The summed E-state index contributed by atoms with van der Waals surface area (Å²) in [5.74, 6) is 0. The third-order valence-electron chi connectivity index (χ3n) is 4.92. The third kappa shape index (κ3) is 4.17. The lowest BCUT2D eigenvalue weighted by molar-refractivity contribution is 1.17. The summed E-state index contributed by atoms with van der Waals surface area (Å²) >= 11 is 0. The van der Waals surface area contributed by atoms with Crippen LogP contribution in [-0.2, 0) is 6.42 Å². The molecule has 0 aliphatic heterocycles. The van der Waals surface area contributed by atoms with Crippen LogP contribution in [0.5, 0.6) is 0 Å². The molecule has 0 N–H and O–H groups in total. The van der Waals surface area contributed by atoms with E-state index in [-0.39, 0.29) is 0 Å². The van der Waals surface area contributed by atoms with Crippen molar-refractivity contribution in [2.24, 2.45) is 0 Å². The van der Waals surface area contributed by atoms with Crippen molar-refractivity contribution in [2.75, 3.05) is 0 Å². The van der Waals surface area contributed by atoms with Crippen LogP contribution in [-0.4, -0.2) is 0 Å². The second-order valence-electron chi connectivity index (χ2n) is 7.32. The van der Waals surface area contributed by atoms with E-state index in [2.05, 4.69) is 111 Å². The first-order valence-corrected chi connectivity index (χ1v) is 9.49. The van der Waals surface area contributed by atoms with Crippen molar-refractivity contribution in [3.8, 4) is 22.3 Å². The molecular weight excluding hydrogens is 324 g/mol. The van der Waals surface area contributed by atoms with Gasteiger partial charge in [-0.3, -0.25) is 0 Å². The molecule has 27 heavy (non-hydrogen) atoms. The van der Waals surface area contributed by atoms with Gasteiger partial charge in [-0.1, -0.05) is 102 Å². The number of aryl methyl sites for hydroxylation is 2. The highest BCUT2D eigenvalue weighted by Crippen LogP contribution is 2.27. The van der Waals surface area contributed by atoms with Crippen molar-refractivity contribution >= 4 is 0 Å². The van der Waals surface area contributed by atoms with E-state index in [1.807, 2.05) is 0 Å². The minimum absolute atomic E-state index is 0.967. The molecule has 0 atom stereocenters. The maximum absolute atomic E-state index is 2.32. The highest BCUT2D eigenvalue weighted by molar-refractivity contribution is 5.73. The Morgan fingerprint density at radius 3 is 1.70 bits per heavy atom. The van der Waals surface area contributed by atoms with E-state index in [1.54, 1.807) is 0 Å². The Labute approximate surface area is 162 Å². The minimum Gasteiger partial charge on any atom is -0.0622 e. The van der Waals surface area contributed by atoms with Gasteiger partial charge in [0, 0.05) is 0 Å². The number of hydrogen-bond donors (Lipinski definition) is 0. The van der Waals surface area contributed by atoms with E-state index < -0.39 is 0 Å². The molecule has 0 aromatic heterocycles. The lowest BCUT2D eigenvalue weighted by Gasteiger charge is -2.09. The van der Waals surface area contributed by atoms with Gasteiger partial charge in [-0.2, -0.15) is 0 Å². The van der Waals surface area contributed by atoms with Crippen molar-refractivity contribution in [3.63, 3.8) is 0 Å². The average molecular weight is 348 g/mol. The van der Waals surface area contributed by atoms with Gasteiger partial charge < -0.3 is 0 Å². The highest BCUT2D eigenvalue weighted by atomic mass is 14.1. The molecule has 4 rings (SSSR count). The quantitative estimate of drug-likeness (QED) is 0.365. The molecule has 0 fully saturated rings. The van der Waals surface area contributed by atoms with E-state index in [1.165, 1.54) is 44.5 Å². The molecular formula is C27H24. The number of rotatable bonds is 4. The van der Waals surface area contributed by atoms with Crippen LogP contribution < -0.4 is 0 Å². The first-order valence-electron chi connectivity index (χ1n) is 9.49. The summed E-state index contributed by atoms with van der Waals surface area (Å²) < 4.78 is 0. The van der Waals surface area contributed by atoms with Gasteiger partial charge in [-0.15, -0.1) is 0 Å². The maximum Gasteiger partial charge on any atom is -0.00254 e. The van der Waals surface area contributed by atoms with Crippen LogP contribution in [0.15, 0.2) is 97.1 Å². The van der Waals surface area contributed by atoms with Gasteiger partial charge in [0.05, 0.1) is 0 Å². The smallest absolute Gasteiger partial charge is 0.00254 e. The lowest BCUT2D eigenvalue weighted by Crippen LogP contribution is -1.91. The molecule has 0 saturated carbocycles. The molecule has 0 heteroatoms. The van der Waals surface area contributed by atoms with Crippen LogP contribution in [0.1, 0.15) is 22.3 Å². The van der Waals surface area contributed by atoms with Crippen LogP contribution in [0.3, 0.4) is 0 Å². The Hall–Kier alpha value is -3.12. The van der Waals surface area contributed by atoms with E-state index in [4.69, 9.17) is 0 Å². The van der Waals surface area contributed by atoms with Gasteiger partial charge in [0.25, 0.3) is 0 Å². The molecule has 0 unspecified atom stereocenters. The fourth-order valence-electron chi connectivity index (χ4n) is 3.78. The predicted molar refractivity (Wildman–Crippen MR) is 116 cm³/mol. The molecule has 0 heterocycles. The van der Waals surface area contributed by atoms with E-state index in [0.717, 1.165) is 6.42 Å². The monoisotopic (exact) mass is 348 g/mol. The van der Waals surface area contributed by atoms with Crippen molar-refractivity contribution in [3.05, 3.63) is 119 Å². The summed E-state index contributed by atoms with van der Waals surface area (Å²) in [6, 6.07) is 35.1. The van der Waals surface area contributed by atoms with Crippen LogP contribution in [0.2, 0.25) is 0 Å². The molecule has 0 saturated heterocycles. The Bertz CT molecular complexity index is 1040. The van der Waals surface area contributed by atoms with Gasteiger partial charge in [0.15, 0.2) is 0 Å². The number of hydrogen-bond acceptors (Lipinski definition) is 0. The Morgan fingerprint density at radius 1 is 0.444 bits per heavy atom. The summed E-state index contributed by atoms with van der Waals surface area (Å²) in [7, 11) is 0. The summed E-state index contributed by atoms with van der Waals surface area (Å²) in [4.78, 5) is 0. The standard InChI is InChI=1S/C27H24/c1-20-14-21(2)16-23(15-20)17-22-8-6-11-25(18-22)27-13-7-12-26(19-27)24-9-4-3-5-10-24/h3-16,18-19H,17H2,1-2H3. The van der Waals surface area contributed by atoms with E-state index in [0.29, 0.717) is 0 Å².